The van der Waals surface area contributed by atoms with E-state index in [2.05, 4.69) is 60.7 Å². The smallest absolute Gasteiger partial charge is 0.0705 e. The van der Waals surface area contributed by atoms with Gasteiger partial charge in [-0.25, -0.2) is 0 Å². The van der Waals surface area contributed by atoms with Gasteiger partial charge >= 0.3 is 0 Å². The number of hydrogen-bond acceptors (Lipinski definition) is 1. The Balaban J connectivity index is 1.84. The van der Waals surface area contributed by atoms with E-state index >= 15 is 0 Å². The van der Waals surface area contributed by atoms with Crippen molar-refractivity contribution in [2.75, 3.05) is 0 Å². The van der Waals surface area contributed by atoms with Crippen LogP contribution in [0.5, 0.6) is 0 Å². The molecule has 1 aliphatic carbocycles. The minimum Gasteiger partial charge on any atom is -0.252 e. The van der Waals surface area contributed by atoms with E-state index in [1.54, 1.807) is 0 Å². The Morgan fingerprint density at radius 3 is 2.70 bits per heavy atom. The van der Waals surface area contributed by atoms with Crippen LogP contribution in [0.25, 0.3) is 10.9 Å². The highest BCUT2D eigenvalue weighted by Gasteiger charge is 2.22. The lowest BCUT2D eigenvalue weighted by atomic mass is 9.81. The number of hydrogen-bond donors (Lipinski definition) is 0. The number of pyridine rings is 1. The maximum atomic E-state index is 4.90. The number of para-hydroxylation sites is 1. The summed E-state index contributed by atoms with van der Waals surface area (Å²) in [6.07, 6.45) is 3.68. The lowest BCUT2D eigenvalue weighted by Crippen LogP contribution is -2.12. The zero-order valence-corrected chi connectivity index (χ0v) is 11.4. The fraction of sp³-hybridized carbons (Fsp3) is 0.211. The standard InChI is InChI=1S/C19H17N/c1-3-9-16-14(6-1)8-5-10-17(16)19-13-12-15-7-2-4-11-18(15)20-19/h1-4,6-7,9,11-13,17H,5,8,10H2. The van der Waals surface area contributed by atoms with Crippen LogP contribution in [0, 0.1) is 0 Å². The number of fused-ring (bicyclic) bond motifs is 2. The summed E-state index contributed by atoms with van der Waals surface area (Å²) in [5.41, 5.74) is 5.30. The first-order valence-electron chi connectivity index (χ1n) is 7.35. The molecule has 0 radical (unpaired) electrons. The minimum atomic E-state index is 0.463. The van der Waals surface area contributed by atoms with Gasteiger partial charge in [-0.05, 0) is 42.5 Å². The monoisotopic (exact) mass is 259 g/mol. The van der Waals surface area contributed by atoms with E-state index in [1.807, 2.05) is 0 Å². The summed E-state index contributed by atoms with van der Waals surface area (Å²) in [4.78, 5) is 4.90. The van der Waals surface area contributed by atoms with Crippen LogP contribution in [0.2, 0.25) is 0 Å². The van der Waals surface area contributed by atoms with Gasteiger partial charge in [0.25, 0.3) is 0 Å². The van der Waals surface area contributed by atoms with Crippen LogP contribution in [-0.2, 0) is 6.42 Å². The normalized spacial score (nSPS) is 17.9. The maximum Gasteiger partial charge on any atom is 0.0705 e. The second-order valence-corrected chi connectivity index (χ2v) is 5.57. The molecular weight excluding hydrogens is 242 g/mol. The molecule has 1 aromatic heterocycles. The summed E-state index contributed by atoms with van der Waals surface area (Å²) >= 11 is 0. The van der Waals surface area contributed by atoms with Crippen molar-refractivity contribution < 1.29 is 0 Å². The molecule has 0 amide bonds. The zero-order chi connectivity index (χ0) is 13.4. The molecule has 0 saturated heterocycles. The third-order valence-corrected chi connectivity index (χ3v) is 4.35. The van der Waals surface area contributed by atoms with Crippen LogP contribution in [-0.4, -0.2) is 4.98 Å². The quantitative estimate of drug-likeness (QED) is 0.617. The highest BCUT2D eigenvalue weighted by Crippen LogP contribution is 2.36. The van der Waals surface area contributed by atoms with Crippen molar-refractivity contribution in [1.29, 1.82) is 0 Å². The Labute approximate surface area is 119 Å². The van der Waals surface area contributed by atoms with Crippen molar-refractivity contribution in [2.45, 2.75) is 25.2 Å². The Morgan fingerprint density at radius 1 is 0.850 bits per heavy atom. The van der Waals surface area contributed by atoms with E-state index in [-0.39, 0.29) is 0 Å². The Kier molecular flexibility index (Phi) is 2.77. The van der Waals surface area contributed by atoms with Crippen LogP contribution in [0.4, 0.5) is 0 Å². The molecule has 0 saturated carbocycles. The lowest BCUT2D eigenvalue weighted by molar-refractivity contribution is 0.606. The summed E-state index contributed by atoms with van der Waals surface area (Å²) < 4.78 is 0. The van der Waals surface area contributed by atoms with Gasteiger partial charge in [0, 0.05) is 17.0 Å². The van der Waals surface area contributed by atoms with Gasteiger partial charge in [-0.3, -0.25) is 4.98 Å². The first kappa shape index (κ1) is 11.7. The van der Waals surface area contributed by atoms with Crippen LogP contribution >= 0.6 is 0 Å². The predicted octanol–water partition coefficient (Wildman–Crippen LogP) is 4.70. The Hall–Kier alpha value is -2.15. The van der Waals surface area contributed by atoms with Gasteiger partial charge in [0.1, 0.15) is 0 Å². The van der Waals surface area contributed by atoms with Gasteiger partial charge in [-0.2, -0.15) is 0 Å². The van der Waals surface area contributed by atoms with Gasteiger partial charge in [-0.1, -0.05) is 48.5 Å². The molecule has 1 unspecified atom stereocenters. The molecule has 0 fully saturated rings. The number of benzene rings is 2. The van der Waals surface area contributed by atoms with Crippen LogP contribution in [0.3, 0.4) is 0 Å². The lowest BCUT2D eigenvalue weighted by Gasteiger charge is -2.25. The molecule has 0 N–H and O–H groups in total. The Bertz CT molecular complexity index is 760. The van der Waals surface area contributed by atoms with Crippen LogP contribution < -0.4 is 0 Å². The molecule has 98 valence electrons. The molecule has 1 heterocycles. The SMILES string of the molecule is c1ccc2c(c1)CCCC2c1ccc2ccccc2n1. The third kappa shape index (κ3) is 1.90. The van der Waals surface area contributed by atoms with Gasteiger partial charge in [0.05, 0.1) is 5.52 Å². The summed E-state index contributed by atoms with van der Waals surface area (Å²) in [6.45, 7) is 0. The van der Waals surface area contributed by atoms with Gasteiger partial charge in [-0.15, -0.1) is 0 Å². The number of aryl methyl sites for hydroxylation is 1. The van der Waals surface area contributed by atoms with Crippen molar-refractivity contribution in [3.8, 4) is 0 Å². The minimum absolute atomic E-state index is 0.463. The maximum absolute atomic E-state index is 4.90. The van der Waals surface area contributed by atoms with Crippen molar-refractivity contribution in [3.63, 3.8) is 0 Å². The van der Waals surface area contributed by atoms with Gasteiger partial charge in [0.2, 0.25) is 0 Å². The summed E-state index contributed by atoms with van der Waals surface area (Å²) in [7, 11) is 0. The van der Waals surface area contributed by atoms with E-state index < -0.39 is 0 Å². The fourth-order valence-corrected chi connectivity index (χ4v) is 3.34. The van der Waals surface area contributed by atoms with Crippen LogP contribution in [0.15, 0.2) is 60.7 Å². The topological polar surface area (TPSA) is 12.9 Å². The molecule has 1 aliphatic rings. The van der Waals surface area contributed by atoms with Crippen molar-refractivity contribution in [1.82, 2.24) is 4.98 Å². The van der Waals surface area contributed by atoms with Crippen LogP contribution in [0.1, 0.15) is 35.6 Å². The molecule has 1 atom stereocenters. The molecule has 0 spiro atoms. The highest BCUT2D eigenvalue weighted by molar-refractivity contribution is 5.78. The average Bonchev–Trinajstić information content (AvgIpc) is 2.54. The molecule has 20 heavy (non-hydrogen) atoms. The second kappa shape index (κ2) is 4.75. The van der Waals surface area contributed by atoms with Gasteiger partial charge in [0.15, 0.2) is 0 Å². The van der Waals surface area contributed by atoms with E-state index in [0.717, 1.165) is 5.52 Å². The molecule has 0 aliphatic heterocycles. The van der Waals surface area contributed by atoms with E-state index in [1.165, 1.54) is 41.5 Å². The van der Waals surface area contributed by atoms with Crippen molar-refractivity contribution >= 4 is 10.9 Å². The summed E-state index contributed by atoms with van der Waals surface area (Å²) in [5, 5.41) is 1.22. The molecule has 1 nitrogen and oxygen atoms in total. The van der Waals surface area contributed by atoms with Crippen molar-refractivity contribution in [3.05, 3.63) is 77.5 Å². The first-order valence-corrected chi connectivity index (χ1v) is 7.35. The molecular formula is C19H17N. The number of rotatable bonds is 1. The fourth-order valence-electron chi connectivity index (χ4n) is 3.34. The number of nitrogens with zero attached hydrogens (tertiary/aromatic N) is 1. The van der Waals surface area contributed by atoms with Crippen molar-refractivity contribution in [2.24, 2.45) is 0 Å². The highest BCUT2D eigenvalue weighted by atomic mass is 14.7. The second-order valence-electron chi connectivity index (χ2n) is 5.57. The zero-order valence-electron chi connectivity index (χ0n) is 11.4. The average molecular weight is 259 g/mol. The molecule has 0 bridgehead atoms. The summed E-state index contributed by atoms with van der Waals surface area (Å²) in [6, 6.07) is 21.6. The Morgan fingerprint density at radius 2 is 1.70 bits per heavy atom. The molecule has 2 aromatic carbocycles. The molecule has 3 aromatic rings. The molecule has 1 heteroatoms. The number of aromatic nitrogens is 1. The first-order chi connectivity index (χ1) is 9.92. The molecule has 4 rings (SSSR count). The third-order valence-electron chi connectivity index (χ3n) is 4.35. The largest absolute Gasteiger partial charge is 0.252 e. The summed E-state index contributed by atoms with van der Waals surface area (Å²) in [5.74, 6) is 0.463. The van der Waals surface area contributed by atoms with E-state index in [0.29, 0.717) is 5.92 Å². The van der Waals surface area contributed by atoms with Gasteiger partial charge < -0.3 is 0 Å². The van der Waals surface area contributed by atoms with E-state index in [4.69, 9.17) is 4.98 Å². The predicted molar refractivity (Wildman–Crippen MR) is 83.0 cm³/mol. The van der Waals surface area contributed by atoms with E-state index in [9.17, 15) is 0 Å².